The van der Waals surface area contributed by atoms with Gasteiger partial charge in [0.25, 0.3) is 0 Å². The molecule has 1 aromatic heterocycles. The Kier molecular flexibility index (Phi) is 5.51. The fraction of sp³-hybridized carbons (Fsp3) is 0.857. The highest BCUT2D eigenvalue weighted by Gasteiger charge is 2.25. The van der Waals surface area contributed by atoms with E-state index in [4.69, 9.17) is 0 Å². The lowest BCUT2D eigenvalue weighted by atomic mass is 10.0. The van der Waals surface area contributed by atoms with Gasteiger partial charge in [0.1, 0.15) is 12.2 Å². The normalized spacial score (nSPS) is 23.1. The zero-order valence-corrected chi connectivity index (χ0v) is 13.2. The van der Waals surface area contributed by atoms with Crippen molar-refractivity contribution in [3.8, 4) is 0 Å². The van der Waals surface area contributed by atoms with Crippen LogP contribution in [0.4, 0.5) is 0 Å². The van der Waals surface area contributed by atoms with Crippen molar-refractivity contribution in [3.05, 3.63) is 12.2 Å². The van der Waals surface area contributed by atoms with E-state index in [0.717, 1.165) is 38.3 Å². The lowest BCUT2D eigenvalue weighted by molar-refractivity contribution is 0.101. The van der Waals surface area contributed by atoms with E-state index in [1.54, 1.807) is 6.33 Å². The average Bonchev–Trinajstić information content (AvgIpc) is 2.89. The van der Waals surface area contributed by atoms with Crippen LogP contribution in [0.5, 0.6) is 0 Å². The van der Waals surface area contributed by atoms with E-state index in [1.807, 2.05) is 11.7 Å². The van der Waals surface area contributed by atoms with Gasteiger partial charge >= 0.3 is 0 Å². The Balaban J connectivity index is 1.94. The summed E-state index contributed by atoms with van der Waals surface area (Å²) < 4.78 is 1.99. The first kappa shape index (κ1) is 15.4. The molecule has 114 valence electrons. The van der Waals surface area contributed by atoms with Crippen LogP contribution in [0.15, 0.2) is 6.33 Å². The van der Waals surface area contributed by atoms with Gasteiger partial charge in [0.15, 0.2) is 0 Å². The van der Waals surface area contributed by atoms with Gasteiger partial charge in [-0.1, -0.05) is 0 Å². The van der Waals surface area contributed by atoms with Crippen LogP contribution in [0.25, 0.3) is 0 Å². The number of piperazine rings is 1. The van der Waals surface area contributed by atoms with E-state index >= 15 is 0 Å². The van der Waals surface area contributed by atoms with Crippen LogP contribution in [0.3, 0.4) is 0 Å². The minimum atomic E-state index is 0.448. The molecular weight excluding hydrogens is 252 g/mol. The maximum atomic E-state index is 4.39. The molecule has 2 rings (SSSR count). The van der Waals surface area contributed by atoms with Crippen LogP contribution in [-0.4, -0.2) is 77.4 Å². The minimum absolute atomic E-state index is 0.448. The third-order valence-electron chi connectivity index (χ3n) is 4.37. The van der Waals surface area contributed by atoms with Gasteiger partial charge in [-0.25, -0.2) is 4.98 Å². The smallest absolute Gasteiger partial charge is 0.138 e. The molecule has 2 heterocycles. The molecule has 0 spiro atoms. The first-order valence-corrected chi connectivity index (χ1v) is 7.56. The highest BCUT2D eigenvalue weighted by molar-refractivity contribution is 4.92. The van der Waals surface area contributed by atoms with Crippen molar-refractivity contribution < 1.29 is 0 Å². The Hall–Kier alpha value is -0.980. The second-order valence-electron chi connectivity index (χ2n) is 5.81. The van der Waals surface area contributed by atoms with Crippen LogP contribution in [0, 0.1) is 0 Å². The molecule has 6 heteroatoms. The lowest BCUT2D eigenvalue weighted by Crippen LogP contribution is -2.52. The number of aromatic nitrogens is 3. The van der Waals surface area contributed by atoms with Crippen molar-refractivity contribution >= 4 is 0 Å². The number of rotatable bonds is 6. The first-order valence-electron chi connectivity index (χ1n) is 7.56. The van der Waals surface area contributed by atoms with Gasteiger partial charge in [0.05, 0.1) is 0 Å². The summed E-state index contributed by atoms with van der Waals surface area (Å²) >= 11 is 0. The van der Waals surface area contributed by atoms with E-state index in [9.17, 15) is 0 Å². The van der Waals surface area contributed by atoms with Crippen LogP contribution >= 0.6 is 0 Å². The van der Waals surface area contributed by atoms with Gasteiger partial charge in [-0.15, -0.1) is 0 Å². The molecular formula is C14H28N6. The molecule has 1 aromatic rings. The third kappa shape index (κ3) is 3.77. The summed E-state index contributed by atoms with van der Waals surface area (Å²) in [6.07, 6.45) is 3.75. The monoisotopic (exact) mass is 280 g/mol. The highest BCUT2D eigenvalue weighted by Crippen LogP contribution is 2.14. The van der Waals surface area contributed by atoms with Gasteiger partial charge in [0, 0.05) is 44.7 Å². The van der Waals surface area contributed by atoms with Crippen LogP contribution in [0.1, 0.15) is 19.2 Å². The van der Waals surface area contributed by atoms with Gasteiger partial charge in [-0.3, -0.25) is 4.68 Å². The van der Waals surface area contributed by atoms with Crippen molar-refractivity contribution in [3.63, 3.8) is 0 Å². The van der Waals surface area contributed by atoms with Gasteiger partial charge < -0.3 is 15.1 Å². The summed E-state index contributed by atoms with van der Waals surface area (Å²) in [6.45, 7) is 6.47. The molecule has 2 unspecified atom stereocenters. The molecule has 1 aliphatic rings. The summed E-state index contributed by atoms with van der Waals surface area (Å²) in [5, 5.41) is 7.70. The predicted molar refractivity (Wildman–Crippen MR) is 80.8 cm³/mol. The van der Waals surface area contributed by atoms with Crippen molar-refractivity contribution in [1.82, 2.24) is 29.9 Å². The predicted octanol–water partition coefficient (Wildman–Crippen LogP) is 0.0644. The standard InChI is InChI=1S/C14H28N6/c1-5-20-14(16-11-17-20)9-12(15-2)8-13-10-18(3)6-7-19(13)4/h11-13,15H,5-10H2,1-4H3. The Morgan fingerprint density at radius 3 is 2.90 bits per heavy atom. The van der Waals surface area contributed by atoms with E-state index < -0.39 is 0 Å². The minimum Gasteiger partial charge on any atom is -0.316 e. The largest absolute Gasteiger partial charge is 0.316 e. The van der Waals surface area contributed by atoms with Crippen molar-refractivity contribution in [2.24, 2.45) is 0 Å². The molecule has 20 heavy (non-hydrogen) atoms. The lowest BCUT2D eigenvalue weighted by Gasteiger charge is -2.39. The number of likely N-dealkylation sites (N-methyl/N-ethyl adjacent to an activating group) is 3. The summed E-state index contributed by atoms with van der Waals surface area (Å²) in [4.78, 5) is 9.29. The molecule has 0 saturated carbocycles. The molecule has 1 aliphatic heterocycles. The summed E-state index contributed by atoms with van der Waals surface area (Å²) in [7, 11) is 6.49. The Bertz CT molecular complexity index is 404. The number of hydrogen-bond acceptors (Lipinski definition) is 5. The first-order chi connectivity index (χ1) is 9.63. The van der Waals surface area contributed by atoms with Crippen LogP contribution < -0.4 is 5.32 Å². The van der Waals surface area contributed by atoms with Crippen LogP contribution in [0.2, 0.25) is 0 Å². The third-order valence-corrected chi connectivity index (χ3v) is 4.37. The number of hydrogen-bond donors (Lipinski definition) is 1. The second-order valence-corrected chi connectivity index (χ2v) is 5.81. The molecule has 0 bridgehead atoms. The molecule has 6 nitrogen and oxygen atoms in total. The Morgan fingerprint density at radius 2 is 2.20 bits per heavy atom. The van der Waals surface area contributed by atoms with Gasteiger partial charge in [0.2, 0.25) is 0 Å². The van der Waals surface area contributed by atoms with Gasteiger partial charge in [-0.2, -0.15) is 5.10 Å². The van der Waals surface area contributed by atoms with Crippen LogP contribution in [-0.2, 0) is 13.0 Å². The number of aryl methyl sites for hydroxylation is 1. The maximum absolute atomic E-state index is 4.39. The molecule has 1 saturated heterocycles. The molecule has 1 N–H and O–H groups in total. The fourth-order valence-corrected chi connectivity index (χ4v) is 2.92. The molecule has 0 amide bonds. The zero-order chi connectivity index (χ0) is 14.5. The Morgan fingerprint density at radius 1 is 1.40 bits per heavy atom. The highest BCUT2D eigenvalue weighted by atomic mass is 15.3. The average molecular weight is 280 g/mol. The number of nitrogens with zero attached hydrogens (tertiary/aromatic N) is 5. The SMILES string of the molecule is CCn1ncnc1CC(CC1CN(C)CCN1C)NC. The molecule has 2 atom stereocenters. The van der Waals surface area contributed by atoms with Gasteiger partial charge in [-0.05, 0) is 34.5 Å². The summed E-state index contributed by atoms with van der Waals surface area (Å²) in [5.41, 5.74) is 0. The number of nitrogens with one attached hydrogen (secondary N) is 1. The van der Waals surface area contributed by atoms with Crippen molar-refractivity contribution in [2.45, 2.75) is 38.4 Å². The Labute approximate surface area is 122 Å². The topological polar surface area (TPSA) is 49.2 Å². The van der Waals surface area contributed by atoms with E-state index in [-0.39, 0.29) is 0 Å². The fourth-order valence-electron chi connectivity index (χ4n) is 2.92. The van der Waals surface area contributed by atoms with Crippen molar-refractivity contribution in [1.29, 1.82) is 0 Å². The summed E-state index contributed by atoms with van der Waals surface area (Å²) in [6, 6.07) is 1.06. The molecule has 0 radical (unpaired) electrons. The molecule has 1 fully saturated rings. The molecule has 0 aromatic carbocycles. The maximum Gasteiger partial charge on any atom is 0.138 e. The van der Waals surface area contributed by atoms with E-state index in [1.165, 1.54) is 6.54 Å². The molecule has 0 aliphatic carbocycles. The quantitative estimate of drug-likeness (QED) is 0.799. The zero-order valence-electron chi connectivity index (χ0n) is 13.2. The second kappa shape index (κ2) is 7.15. The van der Waals surface area contributed by atoms with Crippen molar-refractivity contribution in [2.75, 3.05) is 40.8 Å². The summed E-state index contributed by atoms with van der Waals surface area (Å²) in [5.74, 6) is 1.08. The van der Waals surface area contributed by atoms with E-state index in [2.05, 4.69) is 46.2 Å². The van der Waals surface area contributed by atoms with E-state index in [0.29, 0.717) is 12.1 Å².